The highest BCUT2D eigenvalue weighted by Crippen LogP contribution is 2.12. The Hall–Kier alpha value is -1.82. The molecule has 0 aliphatic heterocycles. The van der Waals surface area contributed by atoms with Crippen LogP contribution in [0.5, 0.6) is 0 Å². The smallest absolute Gasteiger partial charge is 0.226 e. The van der Waals surface area contributed by atoms with Gasteiger partial charge in [0.05, 0.1) is 0 Å². The number of nitrogens with one attached hydrogen (secondary N) is 1. The normalized spacial score (nSPS) is 12.6. The van der Waals surface area contributed by atoms with Crippen LogP contribution in [0.1, 0.15) is 37.5 Å². The van der Waals surface area contributed by atoms with E-state index in [4.69, 9.17) is 4.52 Å². The summed E-state index contributed by atoms with van der Waals surface area (Å²) in [6.07, 6.45) is 1.82. The second-order valence-electron chi connectivity index (χ2n) is 5.06. The maximum Gasteiger partial charge on any atom is 0.226 e. The minimum absolute atomic E-state index is 0.251. The highest BCUT2D eigenvalue weighted by molar-refractivity contribution is 5.21. The molecule has 1 unspecified atom stereocenters. The summed E-state index contributed by atoms with van der Waals surface area (Å²) in [6.45, 7) is 5.07. The summed E-state index contributed by atoms with van der Waals surface area (Å²) in [7, 11) is 0. The standard InChI is InChI=1S/C15H19F2N3O/c1-3-18-10(2)4-5-15-19-14(20-21-15)8-11-6-12(16)9-13(17)7-11/h6-7,9-10,18H,3-5,8H2,1-2H3. The van der Waals surface area contributed by atoms with Crippen LogP contribution in [0.15, 0.2) is 22.7 Å². The van der Waals surface area contributed by atoms with Crippen LogP contribution in [-0.2, 0) is 12.8 Å². The topological polar surface area (TPSA) is 51.0 Å². The van der Waals surface area contributed by atoms with Gasteiger partial charge in [0.1, 0.15) is 11.6 Å². The molecule has 0 amide bonds. The van der Waals surface area contributed by atoms with Gasteiger partial charge in [-0.3, -0.25) is 0 Å². The van der Waals surface area contributed by atoms with Gasteiger partial charge in [0.2, 0.25) is 5.89 Å². The lowest BCUT2D eigenvalue weighted by Gasteiger charge is -2.09. The molecule has 0 spiro atoms. The van der Waals surface area contributed by atoms with Crippen molar-refractivity contribution < 1.29 is 13.3 Å². The molecular formula is C15H19F2N3O. The van der Waals surface area contributed by atoms with E-state index in [1.54, 1.807) is 0 Å². The van der Waals surface area contributed by atoms with Gasteiger partial charge in [-0.2, -0.15) is 4.98 Å². The van der Waals surface area contributed by atoms with Crippen molar-refractivity contribution in [3.05, 3.63) is 47.1 Å². The molecule has 0 radical (unpaired) electrons. The second-order valence-corrected chi connectivity index (χ2v) is 5.06. The number of aromatic nitrogens is 2. The van der Waals surface area contributed by atoms with Gasteiger partial charge in [-0.15, -0.1) is 0 Å². The van der Waals surface area contributed by atoms with Crippen molar-refractivity contribution in [3.63, 3.8) is 0 Å². The Labute approximate surface area is 122 Å². The van der Waals surface area contributed by atoms with E-state index >= 15 is 0 Å². The Morgan fingerprint density at radius 3 is 2.62 bits per heavy atom. The number of aryl methyl sites for hydroxylation is 1. The van der Waals surface area contributed by atoms with Gasteiger partial charge >= 0.3 is 0 Å². The molecule has 0 aliphatic carbocycles. The van der Waals surface area contributed by atoms with Gasteiger partial charge in [0, 0.05) is 24.9 Å². The van der Waals surface area contributed by atoms with Crippen LogP contribution in [0.2, 0.25) is 0 Å². The highest BCUT2D eigenvalue weighted by atomic mass is 19.1. The number of benzene rings is 1. The van der Waals surface area contributed by atoms with Gasteiger partial charge in [-0.1, -0.05) is 12.1 Å². The maximum absolute atomic E-state index is 13.1. The zero-order chi connectivity index (χ0) is 15.2. The Kier molecular flexibility index (Phi) is 5.38. The summed E-state index contributed by atoms with van der Waals surface area (Å²) in [5.74, 6) is -0.223. The van der Waals surface area contributed by atoms with Crippen LogP contribution in [0, 0.1) is 11.6 Å². The van der Waals surface area contributed by atoms with Gasteiger partial charge < -0.3 is 9.84 Å². The fourth-order valence-corrected chi connectivity index (χ4v) is 2.15. The number of hydrogen-bond donors (Lipinski definition) is 1. The van der Waals surface area contributed by atoms with Gasteiger partial charge in [-0.05, 0) is 37.6 Å². The highest BCUT2D eigenvalue weighted by Gasteiger charge is 2.10. The Morgan fingerprint density at radius 1 is 1.24 bits per heavy atom. The van der Waals surface area contributed by atoms with Gasteiger partial charge in [-0.25, -0.2) is 8.78 Å². The lowest BCUT2D eigenvalue weighted by atomic mass is 10.1. The maximum atomic E-state index is 13.1. The minimum Gasteiger partial charge on any atom is -0.339 e. The zero-order valence-electron chi connectivity index (χ0n) is 12.2. The molecule has 21 heavy (non-hydrogen) atoms. The molecule has 0 saturated carbocycles. The molecular weight excluding hydrogens is 276 g/mol. The Bertz CT molecular complexity index is 566. The third-order valence-corrected chi connectivity index (χ3v) is 3.14. The second kappa shape index (κ2) is 7.26. The fraction of sp³-hybridized carbons (Fsp3) is 0.467. The fourth-order valence-electron chi connectivity index (χ4n) is 2.15. The zero-order valence-corrected chi connectivity index (χ0v) is 12.2. The van der Waals surface area contributed by atoms with Crippen LogP contribution in [0.25, 0.3) is 0 Å². The van der Waals surface area contributed by atoms with E-state index in [-0.39, 0.29) is 6.42 Å². The third-order valence-electron chi connectivity index (χ3n) is 3.14. The monoisotopic (exact) mass is 295 g/mol. The van der Waals surface area contributed by atoms with Gasteiger partial charge in [0.25, 0.3) is 0 Å². The molecule has 2 rings (SSSR count). The van der Waals surface area contributed by atoms with Crippen molar-refractivity contribution in [1.82, 2.24) is 15.5 Å². The van der Waals surface area contributed by atoms with Crippen molar-refractivity contribution in [2.75, 3.05) is 6.54 Å². The summed E-state index contributed by atoms with van der Waals surface area (Å²) in [5.41, 5.74) is 0.487. The molecule has 114 valence electrons. The first kappa shape index (κ1) is 15.6. The van der Waals surface area contributed by atoms with Crippen LogP contribution < -0.4 is 5.32 Å². The molecule has 0 saturated heterocycles. The number of rotatable bonds is 7. The van der Waals surface area contributed by atoms with Crippen molar-refractivity contribution in [3.8, 4) is 0 Å². The van der Waals surface area contributed by atoms with E-state index in [0.29, 0.717) is 29.7 Å². The number of hydrogen-bond acceptors (Lipinski definition) is 4. The number of halogens is 2. The summed E-state index contributed by atoms with van der Waals surface area (Å²) in [6, 6.07) is 3.76. The molecule has 0 fully saturated rings. The first-order valence-electron chi connectivity index (χ1n) is 7.06. The molecule has 2 aromatic rings. The lowest BCUT2D eigenvalue weighted by molar-refractivity contribution is 0.363. The van der Waals surface area contributed by atoms with Crippen molar-refractivity contribution in [2.24, 2.45) is 0 Å². The van der Waals surface area contributed by atoms with Crippen molar-refractivity contribution >= 4 is 0 Å². The van der Waals surface area contributed by atoms with Crippen LogP contribution in [0.3, 0.4) is 0 Å². The summed E-state index contributed by atoms with van der Waals surface area (Å²) < 4.78 is 31.4. The third kappa shape index (κ3) is 4.90. The SMILES string of the molecule is CCNC(C)CCc1nc(Cc2cc(F)cc(F)c2)no1. The minimum atomic E-state index is -0.604. The molecule has 1 aromatic heterocycles. The predicted molar refractivity (Wildman–Crippen MR) is 74.9 cm³/mol. The molecule has 1 atom stereocenters. The largest absolute Gasteiger partial charge is 0.339 e. The first-order chi connectivity index (χ1) is 10.1. The molecule has 4 nitrogen and oxygen atoms in total. The molecule has 6 heteroatoms. The molecule has 1 aromatic carbocycles. The molecule has 0 bridgehead atoms. The average Bonchev–Trinajstić information content (AvgIpc) is 2.83. The quantitative estimate of drug-likeness (QED) is 0.853. The van der Waals surface area contributed by atoms with Crippen LogP contribution >= 0.6 is 0 Å². The van der Waals surface area contributed by atoms with Crippen molar-refractivity contribution in [2.45, 2.75) is 39.2 Å². The van der Waals surface area contributed by atoms with Crippen LogP contribution in [-0.4, -0.2) is 22.7 Å². The lowest BCUT2D eigenvalue weighted by Crippen LogP contribution is -2.25. The summed E-state index contributed by atoms with van der Waals surface area (Å²) in [4.78, 5) is 4.25. The van der Waals surface area contributed by atoms with E-state index in [0.717, 1.165) is 19.0 Å². The number of nitrogens with zero attached hydrogens (tertiary/aromatic N) is 2. The Morgan fingerprint density at radius 2 is 1.95 bits per heavy atom. The molecule has 0 aliphatic rings. The van der Waals surface area contributed by atoms with Gasteiger partial charge in [0.15, 0.2) is 5.82 Å². The average molecular weight is 295 g/mol. The first-order valence-corrected chi connectivity index (χ1v) is 7.06. The van der Waals surface area contributed by atoms with E-state index in [1.807, 2.05) is 0 Å². The predicted octanol–water partition coefficient (Wildman–Crippen LogP) is 2.87. The van der Waals surface area contributed by atoms with Crippen molar-refractivity contribution in [1.29, 1.82) is 0 Å². The van der Waals surface area contributed by atoms with Crippen LogP contribution in [0.4, 0.5) is 8.78 Å². The summed E-state index contributed by atoms with van der Waals surface area (Å²) >= 11 is 0. The molecule has 1 N–H and O–H groups in total. The summed E-state index contributed by atoms with van der Waals surface area (Å²) in [5, 5.41) is 7.14. The van der Waals surface area contributed by atoms with E-state index in [1.165, 1.54) is 12.1 Å². The Balaban J connectivity index is 1.93. The molecule has 1 heterocycles. The van der Waals surface area contributed by atoms with E-state index in [9.17, 15) is 8.78 Å². The van der Waals surface area contributed by atoms with E-state index < -0.39 is 11.6 Å². The van der Waals surface area contributed by atoms with E-state index in [2.05, 4.69) is 29.3 Å².